The number of rotatable bonds is 4. The Kier molecular flexibility index (Phi) is 5.37. The molecule has 3 aromatic carbocycles. The molecule has 0 atom stereocenters. The quantitative estimate of drug-likeness (QED) is 0.391. The van der Waals surface area contributed by atoms with Crippen molar-refractivity contribution in [3.05, 3.63) is 88.4 Å². The van der Waals surface area contributed by atoms with Crippen molar-refractivity contribution >= 4 is 50.3 Å². The number of nitrogens with zero attached hydrogens (tertiary/aromatic N) is 1. The first kappa shape index (κ1) is 18.6. The molecule has 1 aromatic heterocycles. The third-order valence-electron chi connectivity index (χ3n) is 4.55. The molecule has 28 heavy (non-hydrogen) atoms. The SMILES string of the molecule is Cc1ccc(C)c(NC(=S)Nc2ccc(Cc3nc4ccccc4s3)cc2)c1. The molecule has 0 saturated heterocycles. The smallest absolute Gasteiger partial charge is 0.175 e. The highest BCUT2D eigenvalue weighted by molar-refractivity contribution is 7.80. The second kappa shape index (κ2) is 8.09. The summed E-state index contributed by atoms with van der Waals surface area (Å²) in [5.74, 6) is 0. The van der Waals surface area contributed by atoms with Gasteiger partial charge in [-0.15, -0.1) is 11.3 Å². The minimum absolute atomic E-state index is 0.590. The molecule has 0 aliphatic heterocycles. The van der Waals surface area contributed by atoms with E-state index in [4.69, 9.17) is 17.2 Å². The lowest BCUT2D eigenvalue weighted by molar-refractivity contribution is 1.16. The summed E-state index contributed by atoms with van der Waals surface area (Å²) in [7, 11) is 0. The third-order valence-corrected chi connectivity index (χ3v) is 5.79. The minimum Gasteiger partial charge on any atom is -0.332 e. The molecule has 0 amide bonds. The second-order valence-corrected chi connectivity index (χ2v) is 8.37. The van der Waals surface area contributed by atoms with Crippen LogP contribution in [0.3, 0.4) is 0 Å². The van der Waals surface area contributed by atoms with Gasteiger partial charge in [0.1, 0.15) is 0 Å². The molecule has 5 heteroatoms. The fraction of sp³-hybridized carbons (Fsp3) is 0.130. The van der Waals surface area contributed by atoms with Crippen molar-refractivity contribution in [2.45, 2.75) is 20.3 Å². The average molecular weight is 404 g/mol. The third kappa shape index (κ3) is 4.38. The number of benzene rings is 3. The zero-order chi connectivity index (χ0) is 19.5. The number of hydrogen-bond acceptors (Lipinski definition) is 3. The molecule has 3 nitrogen and oxygen atoms in total. The van der Waals surface area contributed by atoms with Crippen LogP contribution < -0.4 is 10.6 Å². The maximum atomic E-state index is 5.46. The number of fused-ring (bicyclic) bond motifs is 1. The standard InChI is InChI=1S/C23H21N3S2/c1-15-7-8-16(2)20(13-15)26-23(27)24-18-11-9-17(10-12-18)14-22-25-19-5-3-4-6-21(19)28-22/h3-13H,14H2,1-2H3,(H2,24,26,27). The number of thiazole rings is 1. The Bertz CT molecular complexity index is 1100. The van der Waals surface area contributed by atoms with Gasteiger partial charge in [0.25, 0.3) is 0 Å². The highest BCUT2D eigenvalue weighted by Gasteiger charge is 2.06. The molecule has 0 aliphatic carbocycles. The van der Waals surface area contributed by atoms with Gasteiger partial charge in [0, 0.05) is 17.8 Å². The average Bonchev–Trinajstić information content (AvgIpc) is 3.08. The predicted molar refractivity (Wildman–Crippen MR) is 125 cm³/mol. The van der Waals surface area contributed by atoms with E-state index >= 15 is 0 Å². The van der Waals surface area contributed by atoms with E-state index in [0.717, 1.165) is 28.3 Å². The van der Waals surface area contributed by atoms with Crippen molar-refractivity contribution in [3.63, 3.8) is 0 Å². The van der Waals surface area contributed by atoms with Crippen LogP contribution in [0.25, 0.3) is 10.2 Å². The molecular formula is C23H21N3S2. The van der Waals surface area contributed by atoms with Crippen LogP contribution >= 0.6 is 23.6 Å². The largest absolute Gasteiger partial charge is 0.332 e. The predicted octanol–water partition coefficient (Wildman–Crippen LogP) is 6.31. The van der Waals surface area contributed by atoms with Gasteiger partial charge in [-0.2, -0.15) is 0 Å². The number of thiocarbonyl (C=S) groups is 1. The Morgan fingerprint density at radius 1 is 0.964 bits per heavy atom. The molecule has 0 spiro atoms. The Hall–Kier alpha value is -2.76. The van der Waals surface area contributed by atoms with E-state index in [1.807, 2.05) is 6.07 Å². The Balaban J connectivity index is 1.40. The monoisotopic (exact) mass is 403 g/mol. The first-order chi connectivity index (χ1) is 13.6. The van der Waals surface area contributed by atoms with Gasteiger partial charge in [0.15, 0.2) is 5.11 Å². The minimum atomic E-state index is 0.590. The lowest BCUT2D eigenvalue weighted by Crippen LogP contribution is -2.19. The number of hydrogen-bond donors (Lipinski definition) is 2. The van der Waals surface area contributed by atoms with E-state index < -0.39 is 0 Å². The van der Waals surface area contributed by atoms with Gasteiger partial charge in [0.2, 0.25) is 0 Å². The molecule has 2 N–H and O–H groups in total. The van der Waals surface area contributed by atoms with Gasteiger partial charge in [-0.3, -0.25) is 0 Å². The first-order valence-electron chi connectivity index (χ1n) is 9.15. The number of para-hydroxylation sites is 1. The molecule has 4 rings (SSSR count). The molecule has 0 unspecified atom stereocenters. The van der Waals surface area contributed by atoms with Crippen LogP contribution in [0, 0.1) is 13.8 Å². The highest BCUT2D eigenvalue weighted by Crippen LogP contribution is 2.24. The summed E-state index contributed by atoms with van der Waals surface area (Å²) in [6.07, 6.45) is 0.838. The van der Waals surface area contributed by atoms with Crippen LogP contribution in [-0.2, 0) is 6.42 Å². The summed E-state index contributed by atoms with van der Waals surface area (Å²) in [6.45, 7) is 4.15. The van der Waals surface area contributed by atoms with Crippen LogP contribution in [0.15, 0.2) is 66.7 Å². The zero-order valence-electron chi connectivity index (χ0n) is 15.8. The van der Waals surface area contributed by atoms with Gasteiger partial charge < -0.3 is 10.6 Å². The van der Waals surface area contributed by atoms with Crippen molar-refractivity contribution < 1.29 is 0 Å². The van der Waals surface area contributed by atoms with Crippen LogP contribution in [0.4, 0.5) is 11.4 Å². The maximum Gasteiger partial charge on any atom is 0.175 e. The summed E-state index contributed by atoms with van der Waals surface area (Å²) in [5.41, 5.74) is 6.68. The highest BCUT2D eigenvalue weighted by atomic mass is 32.1. The molecule has 0 aliphatic rings. The Morgan fingerprint density at radius 3 is 2.54 bits per heavy atom. The van der Waals surface area contributed by atoms with Crippen molar-refractivity contribution in [3.8, 4) is 0 Å². The fourth-order valence-electron chi connectivity index (χ4n) is 3.03. The number of anilines is 2. The van der Waals surface area contributed by atoms with E-state index in [1.54, 1.807) is 11.3 Å². The Morgan fingerprint density at radius 2 is 1.75 bits per heavy atom. The fourth-order valence-corrected chi connectivity index (χ4v) is 4.26. The topological polar surface area (TPSA) is 37.0 Å². The van der Waals surface area contributed by atoms with Crippen molar-refractivity contribution in [1.82, 2.24) is 4.98 Å². The zero-order valence-corrected chi connectivity index (χ0v) is 17.5. The number of nitrogens with one attached hydrogen (secondary N) is 2. The second-order valence-electron chi connectivity index (χ2n) is 6.85. The van der Waals surface area contributed by atoms with Crippen LogP contribution in [-0.4, -0.2) is 10.1 Å². The van der Waals surface area contributed by atoms with Crippen molar-refractivity contribution in [2.24, 2.45) is 0 Å². The summed E-state index contributed by atoms with van der Waals surface area (Å²) in [5, 5.41) is 8.26. The summed E-state index contributed by atoms with van der Waals surface area (Å²) >= 11 is 7.22. The molecule has 0 fully saturated rings. The first-order valence-corrected chi connectivity index (χ1v) is 10.4. The Labute approximate surface area is 174 Å². The van der Waals surface area contributed by atoms with Crippen molar-refractivity contribution in [1.29, 1.82) is 0 Å². The lowest BCUT2D eigenvalue weighted by Gasteiger charge is -2.13. The summed E-state index contributed by atoms with van der Waals surface area (Å²) in [4.78, 5) is 4.71. The molecule has 0 radical (unpaired) electrons. The van der Waals surface area contributed by atoms with E-state index in [-0.39, 0.29) is 0 Å². The lowest BCUT2D eigenvalue weighted by atomic mass is 10.1. The molecule has 0 saturated carbocycles. The van der Waals surface area contributed by atoms with Crippen LogP contribution in [0.1, 0.15) is 21.7 Å². The van der Waals surface area contributed by atoms with Crippen molar-refractivity contribution in [2.75, 3.05) is 10.6 Å². The normalized spacial score (nSPS) is 10.8. The van der Waals surface area contributed by atoms with Gasteiger partial charge in [-0.05, 0) is 73.1 Å². The van der Waals surface area contributed by atoms with Crippen LogP contribution in [0.2, 0.25) is 0 Å². The van der Waals surface area contributed by atoms with Gasteiger partial charge >= 0.3 is 0 Å². The number of aromatic nitrogens is 1. The van der Waals surface area contributed by atoms with E-state index in [9.17, 15) is 0 Å². The van der Waals surface area contributed by atoms with Gasteiger partial charge in [-0.25, -0.2) is 4.98 Å². The molecule has 4 aromatic rings. The maximum absolute atomic E-state index is 5.46. The summed E-state index contributed by atoms with van der Waals surface area (Å²) in [6, 6.07) is 22.9. The van der Waals surface area contributed by atoms with E-state index in [1.165, 1.54) is 21.4 Å². The molecule has 0 bridgehead atoms. The van der Waals surface area contributed by atoms with Gasteiger partial charge in [0.05, 0.1) is 15.2 Å². The van der Waals surface area contributed by atoms with E-state index in [2.05, 4.69) is 85.1 Å². The van der Waals surface area contributed by atoms with Gasteiger partial charge in [-0.1, -0.05) is 36.4 Å². The number of aryl methyl sites for hydroxylation is 2. The van der Waals surface area contributed by atoms with Crippen LogP contribution in [0.5, 0.6) is 0 Å². The molecular weight excluding hydrogens is 382 g/mol. The molecule has 140 valence electrons. The summed E-state index contributed by atoms with van der Waals surface area (Å²) < 4.78 is 1.23. The van der Waals surface area contributed by atoms with E-state index in [0.29, 0.717) is 5.11 Å². The molecule has 1 heterocycles.